The molecule has 1 amide bonds. The summed E-state index contributed by atoms with van der Waals surface area (Å²) in [5.74, 6) is -0.551. The molecular weight excluding hydrogens is 458 g/mol. The van der Waals surface area contributed by atoms with Crippen molar-refractivity contribution in [2.45, 2.75) is 69.6 Å². The highest BCUT2D eigenvalue weighted by atomic mass is 32.2. The zero-order valence-electron chi connectivity index (χ0n) is 21.0. The largest absolute Gasteiger partial charge is 0.480 e. The van der Waals surface area contributed by atoms with Crippen molar-refractivity contribution in [3.05, 3.63) is 59.7 Å². The second-order valence-corrected chi connectivity index (χ2v) is 10.7. The van der Waals surface area contributed by atoms with Crippen molar-refractivity contribution in [3.8, 4) is 11.1 Å². The second kappa shape index (κ2) is 14.3. The van der Waals surface area contributed by atoms with E-state index in [0.717, 1.165) is 29.0 Å². The maximum Gasteiger partial charge on any atom is 0.326 e. The summed E-state index contributed by atoms with van der Waals surface area (Å²) in [5.41, 5.74) is 3.31. The fraction of sp³-hybridized carbons (Fsp3) is 0.517. The normalized spacial score (nSPS) is 15.9. The van der Waals surface area contributed by atoms with Gasteiger partial charge in [0.2, 0.25) is 0 Å². The van der Waals surface area contributed by atoms with Gasteiger partial charge < -0.3 is 15.2 Å². The van der Waals surface area contributed by atoms with E-state index in [-0.39, 0.29) is 11.2 Å². The summed E-state index contributed by atoms with van der Waals surface area (Å²) >= 11 is 1.59. The van der Waals surface area contributed by atoms with Gasteiger partial charge in [0.1, 0.15) is 6.04 Å². The van der Waals surface area contributed by atoms with Gasteiger partial charge in [0.05, 0.1) is 6.61 Å². The number of benzene rings is 2. The summed E-state index contributed by atoms with van der Waals surface area (Å²) in [7, 11) is 0. The Morgan fingerprint density at radius 2 is 1.74 bits per heavy atom. The number of thioether (sulfide) groups is 1. The van der Waals surface area contributed by atoms with E-state index in [1.807, 2.05) is 49.6 Å². The Morgan fingerprint density at radius 3 is 2.43 bits per heavy atom. The van der Waals surface area contributed by atoms with E-state index in [2.05, 4.69) is 5.32 Å². The van der Waals surface area contributed by atoms with Crippen LogP contribution in [0.15, 0.2) is 48.5 Å². The monoisotopic (exact) mass is 497 g/mol. The molecule has 190 valence electrons. The van der Waals surface area contributed by atoms with E-state index in [1.165, 1.54) is 38.5 Å². The van der Waals surface area contributed by atoms with E-state index >= 15 is 0 Å². The predicted octanol–water partition coefficient (Wildman–Crippen LogP) is 6.34. The van der Waals surface area contributed by atoms with Gasteiger partial charge in [0.15, 0.2) is 0 Å². The molecule has 0 saturated heterocycles. The minimum atomic E-state index is -1.02. The van der Waals surface area contributed by atoms with Crippen LogP contribution in [0, 0.1) is 12.8 Å². The number of carbonyl (C=O) groups is 2. The van der Waals surface area contributed by atoms with Crippen LogP contribution in [0.3, 0.4) is 0 Å². The van der Waals surface area contributed by atoms with E-state index < -0.39 is 12.0 Å². The van der Waals surface area contributed by atoms with Crippen LogP contribution in [-0.2, 0) is 9.53 Å². The molecule has 1 aliphatic carbocycles. The molecule has 2 aromatic rings. The van der Waals surface area contributed by atoms with Crippen LogP contribution < -0.4 is 5.32 Å². The van der Waals surface area contributed by atoms with Gasteiger partial charge in [-0.25, -0.2) is 4.79 Å². The van der Waals surface area contributed by atoms with Crippen molar-refractivity contribution in [2.24, 2.45) is 5.92 Å². The third-order valence-electron chi connectivity index (χ3n) is 6.97. The lowest BCUT2D eigenvalue weighted by molar-refractivity contribution is -0.139. The van der Waals surface area contributed by atoms with Gasteiger partial charge in [-0.1, -0.05) is 74.6 Å². The summed E-state index contributed by atoms with van der Waals surface area (Å²) in [5, 5.41) is 12.6. The second-order valence-electron chi connectivity index (χ2n) is 9.54. The average molecular weight is 498 g/mol. The van der Waals surface area contributed by atoms with E-state index in [4.69, 9.17) is 4.74 Å². The summed E-state index contributed by atoms with van der Waals surface area (Å²) in [6, 6.07) is 14.2. The Morgan fingerprint density at radius 1 is 1.06 bits per heavy atom. The van der Waals surface area contributed by atoms with Crippen LogP contribution in [0.25, 0.3) is 11.1 Å². The SMILES string of the molecule is CSC(COCCCC1CCCCC1)CC(NC(=O)c1ccccc1-c1ccccc1C)C(=O)O. The Labute approximate surface area is 214 Å². The molecular formula is C29H39NO4S. The fourth-order valence-corrected chi connectivity index (χ4v) is 5.53. The van der Waals surface area contributed by atoms with Crippen molar-refractivity contribution in [2.75, 3.05) is 19.5 Å². The number of nitrogens with one attached hydrogen (secondary N) is 1. The molecule has 0 bridgehead atoms. The number of aryl methyl sites for hydroxylation is 1. The smallest absolute Gasteiger partial charge is 0.326 e. The first-order chi connectivity index (χ1) is 17.0. The molecule has 3 rings (SSSR count). The van der Waals surface area contributed by atoms with Gasteiger partial charge in [0.25, 0.3) is 5.91 Å². The topological polar surface area (TPSA) is 75.6 Å². The number of rotatable bonds is 13. The molecule has 1 saturated carbocycles. The van der Waals surface area contributed by atoms with Crippen LogP contribution >= 0.6 is 11.8 Å². The molecule has 5 nitrogen and oxygen atoms in total. The van der Waals surface area contributed by atoms with Crippen LogP contribution in [0.1, 0.15) is 67.3 Å². The molecule has 1 aliphatic rings. The average Bonchev–Trinajstić information content (AvgIpc) is 2.88. The van der Waals surface area contributed by atoms with Crippen molar-refractivity contribution < 1.29 is 19.4 Å². The first-order valence-corrected chi connectivity index (χ1v) is 14.1. The van der Waals surface area contributed by atoms with Crippen LogP contribution in [0.4, 0.5) is 0 Å². The predicted molar refractivity (Wildman–Crippen MR) is 144 cm³/mol. The minimum Gasteiger partial charge on any atom is -0.480 e. The minimum absolute atomic E-state index is 0.00214. The molecule has 2 unspecified atom stereocenters. The number of ether oxygens (including phenoxy) is 1. The summed E-state index contributed by atoms with van der Waals surface area (Å²) in [6.45, 7) is 3.20. The number of hydrogen-bond acceptors (Lipinski definition) is 4. The van der Waals surface area contributed by atoms with Crippen molar-refractivity contribution in [1.29, 1.82) is 0 Å². The lowest BCUT2D eigenvalue weighted by Gasteiger charge is -2.22. The fourth-order valence-electron chi connectivity index (χ4n) is 4.91. The van der Waals surface area contributed by atoms with Crippen molar-refractivity contribution in [1.82, 2.24) is 5.32 Å². The number of carboxylic acid groups (broad SMARTS) is 1. The number of carboxylic acids is 1. The van der Waals surface area contributed by atoms with E-state index in [1.54, 1.807) is 23.9 Å². The molecule has 0 heterocycles. The zero-order chi connectivity index (χ0) is 25.0. The van der Waals surface area contributed by atoms with Crippen LogP contribution in [-0.4, -0.2) is 47.7 Å². The summed E-state index contributed by atoms with van der Waals surface area (Å²) in [4.78, 5) is 25.2. The molecule has 6 heteroatoms. The Hall–Kier alpha value is -2.31. The number of hydrogen-bond donors (Lipinski definition) is 2. The van der Waals surface area contributed by atoms with E-state index in [9.17, 15) is 14.7 Å². The van der Waals surface area contributed by atoms with Crippen molar-refractivity contribution >= 4 is 23.6 Å². The number of aliphatic carboxylic acids is 1. The number of carbonyl (C=O) groups excluding carboxylic acids is 1. The molecule has 0 aromatic heterocycles. The highest BCUT2D eigenvalue weighted by Gasteiger charge is 2.26. The standard InChI is InChI=1S/C29H39NO4S/c1-21-11-6-7-15-24(21)25-16-8-9-17-26(25)28(31)30-27(29(32)33)19-23(35-2)20-34-18-10-14-22-12-4-3-5-13-22/h6-9,11,15-17,22-23,27H,3-5,10,12-14,18-20H2,1-2H3,(H,30,31)(H,32,33). The lowest BCUT2D eigenvalue weighted by atomic mass is 9.86. The highest BCUT2D eigenvalue weighted by Crippen LogP contribution is 2.28. The summed E-state index contributed by atoms with van der Waals surface area (Å²) in [6.07, 6.45) is 11.3. The van der Waals surface area contributed by atoms with Crippen LogP contribution in [0.5, 0.6) is 0 Å². The molecule has 0 aliphatic heterocycles. The van der Waals surface area contributed by atoms with Crippen LogP contribution in [0.2, 0.25) is 0 Å². The molecule has 1 fully saturated rings. The third-order valence-corrected chi connectivity index (χ3v) is 7.97. The van der Waals surface area contributed by atoms with Crippen molar-refractivity contribution in [3.63, 3.8) is 0 Å². The Kier molecular flexibility index (Phi) is 11.1. The van der Waals surface area contributed by atoms with Gasteiger partial charge >= 0.3 is 5.97 Å². The Balaban J connectivity index is 1.55. The maximum atomic E-state index is 13.2. The quantitative estimate of drug-likeness (QED) is 0.316. The summed E-state index contributed by atoms with van der Waals surface area (Å²) < 4.78 is 5.91. The molecule has 0 spiro atoms. The molecule has 0 radical (unpaired) electrons. The van der Waals surface area contributed by atoms with E-state index in [0.29, 0.717) is 25.2 Å². The molecule has 2 aromatic carbocycles. The first kappa shape index (κ1) is 27.3. The van der Waals surface area contributed by atoms with Gasteiger partial charge in [-0.05, 0) is 61.1 Å². The molecule has 2 N–H and O–H groups in total. The maximum absolute atomic E-state index is 13.2. The zero-order valence-corrected chi connectivity index (χ0v) is 21.8. The lowest BCUT2D eigenvalue weighted by Crippen LogP contribution is -2.43. The first-order valence-electron chi connectivity index (χ1n) is 12.8. The van der Waals surface area contributed by atoms with Gasteiger partial charge in [0, 0.05) is 17.4 Å². The molecule has 35 heavy (non-hydrogen) atoms. The highest BCUT2D eigenvalue weighted by molar-refractivity contribution is 7.99. The Bertz CT molecular complexity index is 957. The van der Waals surface area contributed by atoms with Gasteiger partial charge in [-0.2, -0.15) is 11.8 Å². The van der Waals surface area contributed by atoms with Gasteiger partial charge in [-0.15, -0.1) is 0 Å². The molecule has 2 atom stereocenters. The van der Waals surface area contributed by atoms with Gasteiger partial charge in [-0.3, -0.25) is 4.79 Å². The third kappa shape index (κ3) is 8.39. The number of amides is 1.